The van der Waals surface area contributed by atoms with Gasteiger partial charge in [0.05, 0.1) is 12.0 Å². The van der Waals surface area contributed by atoms with Gasteiger partial charge in [-0.15, -0.1) is 0 Å². The number of rotatable bonds is 4. The first kappa shape index (κ1) is 15.8. The fourth-order valence-electron chi connectivity index (χ4n) is 3.86. The van der Waals surface area contributed by atoms with Crippen molar-refractivity contribution in [2.24, 2.45) is 5.41 Å². The van der Waals surface area contributed by atoms with Gasteiger partial charge in [0.2, 0.25) is 0 Å². The Morgan fingerprint density at radius 2 is 1.80 bits per heavy atom. The Kier molecular flexibility index (Phi) is 3.44. The Hall–Kier alpha value is -2.66. The van der Waals surface area contributed by atoms with Crippen molar-refractivity contribution in [1.29, 1.82) is 0 Å². The van der Waals surface area contributed by atoms with Crippen LogP contribution in [0.25, 0.3) is 11.1 Å². The summed E-state index contributed by atoms with van der Waals surface area (Å²) in [7, 11) is 0. The summed E-state index contributed by atoms with van der Waals surface area (Å²) in [6.07, 6.45) is 0.497. The molecule has 1 amide bonds. The number of anilines is 1. The van der Waals surface area contributed by atoms with Crippen molar-refractivity contribution in [2.45, 2.75) is 25.4 Å². The van der Waals surface area contributed by atoms with Crippen LogP contribution in [0.5, 0.6) is 0 Å². The summed E-state index contributed by atoms with van der Waals surface area (Å²) in [6.45, 7) is 2.09. The van der Waals surface area contributed by atoms with E-state index in [1.165, 1.54) is 0 Å². The molecule has 2 saturated heterocycles. The lowest BCUT2D eigenvalue weighted by atomic mass is 9.62. The van der Waals surface area contributed by atoms with E-state index >= 15 is 0 Å². The molecule has 0 atom stereocenters. The highest BCUT2D eigenvalue weighted by atomic mass is 16.5. The molecule has 0 radical (unpaired) electrons. The fraction of sp³-hybridized carbons (Fsp3) is 0.300. The number of benzene rings is 2. The number of fused-ring (bicyclic) bond motifs is 1. The molecule has 0 spiro atoms. The summed E-state index contributed by atoms with van der Waals surface area (Å²) in [4.78, 5) is 24.0. The normalized spacial score (nSPS) is 26.8. The molecule has 2 bridgehead atoms. The number of ether oxygens (including phenoxy) is 1. The van der Waals surface area contributed by atoms with Gasteiger partial charge in [0.25, 0.3) is 5.91 Å². The smallest absolute Gasteiger partial charge is 0.312 e. The van der Waals surface area contributed by atoms with E-state index in [1.807, 2.05) is 49.4 Å². The molecule has 2 aromatic carbocycles. The molecule has 2 heterocycles. The summed E-state index contributed by atoms with van der Waals surface area (Å²) in [5, 5.41) is 12.2. The number of hydrogen-bond donors (Lipinski definition) is 2. The lowest BCUT2D eigenvalue weighted by molar-refractivity contribution is -0.156. The summed E-state index contributed by atoms with van der Waals surface area (Å²) in [5.74, 6) is -1.14. The monoisotopic (exact) mass is 337 g/mol. The van der Waals surface area contributed by atoms with Crippen LogP contribution in [-0.4, -0.2) is 29.2 Å². The molecule has 0 aromatic heterocycles. The van der Waals surface area contributed by atoms with E-state index < -0.39 is 17.0 Å². The first-order chi connectivity index (χ1) is 11.9. The molecular weight excluding hydrogens is 318 g/mol. The summed E-state index contributed by atoms with van der Waals surface area (Å²) in [6, 6.07) is 15.8. The second-order valence-electron chi connectivity index (χ2n) is 7.13. The van der Waals surface area contributed by atoms with E-state index in [2.05, 4.69) is 11.4 Å². The molecule has 128 valence electrons. The number of amides is 1. The van der Waals surface area contributed by atoms with Gasteiger partial charge < -0.3 is 15.2 Å². The van der Waals surface area contributed by atoms with Crippen LogP contribution in [0.2, 0.25) is 0 Å². The van der Waals surface area contributed by atoms with E-state index in [0.29, 0.717) is 5.69 Å². The van der Waals surface area contributed by atoms with Crippen molar-refractivity contribution < 1.29 is 19.4 Å². The van der Waals surface area contributed by atoms with Gasteiger partial charge in [-0.1, -0.05) is 36.4 Å². The van der Waals surface area contributed by atoms with Crippen LogP contribution in [0, 0.1) is 12.3 Å². The van der Waals surface area contributed by atoms with Gasteiger partial charge in [0, 0.05) is 18.5 Å². The lowest BCUT2D eigenvalue weighted by Crippen LogP contribution is -2.55. The van der Waals surface area contributed by atoms with Crippen LogP contribution in [0.3, 0.4) is 0 Å². The van der Waals surface area contributed by atoms with Gasteiger partial charge in [-0.2, -0.15) is 0 Å². The van der Waals surface area contributed by atoms with Crippen molar-refractivity contribution in [1.82, 2.24) is 0 Å². The highest BCUT2D eigenvalue weighted by Crippen LogP contribution is 2.58. The van der Waals surface area contributed by atoms with E-state index in [1.54, 1.807) is 0 Å². The average Bonchev–Trinajstić information content (AvgIpc) is 3.13. The number of carboxylic acid groups (broad SMARTS) is 1. The molecule has 3 aliphatic rings. The molecule has 2 aliphatic heterocycles. The Morgan fingerprint density at radius 1 is 1.08 bits per heavy atom. The summed E-state index contributed by atoms with van der Waals surface area (Å²) in [5.41, 5.74) is 1.96. The van der Waals surface area contributed by atoms with Crippen molar-refractivity contribution in [3.8, 4) is 11.1 Å². The third-order valence-corrected chi connectivity index (χ3v) is 5.18. The average molecular weight is 337 g/mol. The first-order valence-corrected chi connectivity index (χ1v) is 8.29. The van der Waals surface area contributed by atoms with Crippen molar-refractivity contribution in [3.05, 3.63) is 54.1 Å². The number of hydrogen-bond acceptors (Lipinski definition) is 3. The van der Waals surface area contributed by atoms with Gasteiger partial charge in [-0.3, -0.25) is 9.59 Å². The molecule has 2 N–H and O–H groups in total. The topological polar surface area (TPSA) is 75.6 Å². The fourth-order valence-corrected chi connectivity index (χ4v) is 3.86. The Bertz CT molecular complexity index is 853. The van der Waals surface area contributed by atoms with Crippen molar-refractivity contribution in [2.75, 3.05) is 11.9 Å². The highest BCUT2D eigenvalue weighted by molar-refractivity contribution is 6.01. The Morgan fingerprint density at radius 3 is 2.44 bits per heavy atom. The standard InChI is InChI=1S/C20H19NO4/c1-13-7-15(14-5-3-2-4-6-14)9-16(8-13)21-17(22)20-10-19(11-20,12-25-20)18(23)24/h2-9H,10-12H2,1H3,(H,21,22)(H,23,24). The number of carbonyl (C=O) groups excluding carboxylic acids is 1. The van der Waals surface area contributed by atoms with Gasteiger partial charge in [0.15, 0.2) is 0 Å². The number of aliphatic carboxylic acids is 1. The lowest BCUT2D eigenvalue weighted by Gasteiger charge is -2.40. The molecule has 2 aromatic rings. The van der Waals surface area contributed by atoms with Crippen LogP contribution in [0.15, 0.2) is 48.5 Å². The number of aryl methyl sites for hydroxylation is 1. The van der Waals surface area contributed by atoms with Gasteiger partial charge in [-0.25, -0.2) is 0 Å². The Labute approximate surface area is 145 Å². The van der Waals surface area contributed by atoms with Crippen LogP contribution >= 0.6 is 0 Å². The minimum absolute atomic E-state index is 0.110. The van der Waals surface area contributed by atoms with E-state index in [9.17, 15) is 14.7 Å². The van der Waals surface area contributed by atoms with Crippen molar-refractivity contribution in [3.63, 3.8) is 0 Å². The quantitative estimate of drug-likeness (QED) is 0.898. The van der Waals surface area contributed by atoms with E-state index in [0.717, 1.165) is 16.7 Å². The molecule has 3 fully saturated rings. The predicted molar refractivity (Wildman–Crippen MR) is 93.2 cm³/mol. The second-order valence-corrected chi connectivity index (χ2v) is 7.13. The zero-order valence-corrected chi connectivity index (χ0v) is 13.9. The highest BCUT2D eigenvalue weighted by Gasteiger charge is 2.70. The third-order valence-electron chi connectivity index (χ3n) is 5.18. The second kappa shape index (κ2) is 5.43. The molecular formula is C20H19NO4. The maximum atomic E-state index is 12.7. The maximum absolute atomic E-state index is 12.7. The number of nitrogens with one attached hydrogen (secondary N) is 1. The zero-order chi connectivity index (χ0) is 17.7. The molecule has 25 heavy (non-hydrogen) atoms. The largest absolute Gasteiger partial charge is 0.481 e. The van der Waals surface area contributed by atoms with Crippen LogP contribution < -0.4 is 5.32 Å². The number of carboxylic acids is 1. The summed E-state index contributed by atoms with van der Waals surface area (Å²) >= 11 is 0. The minimum atomic E-state index is -0.991. The zero-order valence-electron chi connectivity index (χ0n) is 13.9. The molecule has 5 rings (SSSR count). The molecule has 1 saturated carbocycles. The molecule has 0 unspecified atom stereocenters. The molecule has 1 aliphatic carbocycles. The minimum Gasteiger partial charge on any atom is -0.481 e. The van der Waals surface area contributed by atoms with Gasteiger partial charge in [-0.05, 0) is 35.7 Å². The third kappa shape index (κ3) is 2.51. The molecule has 5 nitrogen and oxygen atoms in total. The van der Waals surface area contributed by atoms with E-state index in [-0.39, 0.29) is 25.4 Å². The van der Waals surface area contributed by atoms with Crippen molar-refractivity contribution >= 4 is 17.6 Å². The Balaban J connectivity index is 1.55. The SMILES string of the molecule is Cc1cc(NC(=O)C23CC(C(=O)O)(CO2)C3)cc(-c2ccccc2)c1. The first-order valence-electron chi connectivity index (χ1n) is 8.29. The maximum Gasteiger partial charge on any atom is 0.312 e. The van der Waals surface area contributed by atoms with Gasteiger partial charge in [0.1, 0.15) is 5.60 Å². The molecule has 5 heteroatoms. The van der Waals surface area contributed by atoms with Crippen LogP contribution in [0.1, 0.15) is 18.4 Å². The summed E-state index contributed by atoms with van der Waals surface area (Å²) < 4.78 is 5.57. The van der Waals surface area contributed by atoms with E-state index in [4.69, 9.17) is 4.74 Å². The van der Waals surface area contributed by atoms with Crippen LogP contribution in [-0.2, 0) is 14.3 Å². The van der Waals surface area contributed by atoms with Gasteiger partial charge >= 0.3 is 5.97 Å². The van der Waals surface area contributed by atoms with Crippen LogP contribution in [0.4, 0.5) is 5.69 Å². The number of carbonyl (C=O) groups is 2. The predicted octanol–water partition coefficient (Wildman–Crippen LogP) is 3.23.